The Kier molecular flexibility index (Phi) is 1.87. The van der Waals surface area contributed by atoms with Crippen molar-refractivity contribution in [2.24, 2.45) is 0 Å². The van der Waals surface area contributed by atoms with Crippen molar-refractivity contribution in [1.82, 2.24) is 0 Å². The van der Waals surface area contributed by atoms with E-state index in [1.165, 1.54) is 25.3 Å². The maximum absolute atomic E-state index is 13.2. The summed E-state index contributed by atoms with van der Waals surface area (Å²) in [6, 6.07) is 3.12. The van der Waals surface area contributed by atoms with E-state index in [0.717, 1.165) is 17.9 Å². The molecule has 80 valence electrons. The number of anilines is 2. The zero-order chi connectivity index (χ0) is 10.5. The molecule has 2 N–H and O–H groups in total. The monoisotopic (exact) mass is 226 g/mol. The van der Waals surface area contributed by atoms with Crippen molar-refractivity contribution >= 4 is 23.0 Å². The Morgan fingerprint density at radius 2 is 2.07 bits per heavy atom. The Morgan fingerprint density at radius 3 is 2.73 bits per heavy atom. The van der Waals surface area contributed by atoms with Crippen LogP contribution in [-0.4, -0.2) is 12.1 Å². The largest absolute Gasteiger partial charge is 0.381 e. The second kappa shape index (κ2) is 3.01. The van der Waals surface area contributed by atoms with Gasteiger partial charge in [-0.15, -0.1) is 0 Å². The van der Waals surface area contributed by atoms with Crippen molar-refractivity contribution in [3.8, 4) is 0 Å². The maximum atomic E-state index is 13.2. The van der Waals surface area contributed by atoms with Gasteiger partial charge in [0.1, 0.15) is 5.82 Å². The Labute approximate surface area is 92.8 Å². The van der Waals surface area contributed by atoms with Crippen LogP contribution < -0.4 is 10.6 Å². The Morgan fingerprint density at radius 1 is 1.27 bits per heavy atom. The molecule has 4 heteroatoms. The number of fused-ring (bicyclic) bond motifs is 1. The van der Waals surface area contributed by atoms with Crippen LogP contribution in [0.3, 0.4) is 0 Å². The molecule has 0 saturated heterocycles. The summed E-state index contributed by atoms with van der Waals surface area (Å²) < 4.78 is 13.2. The van der Waals surface area contributed by atoms with E-state index in [9.17, 15) is 4.39 Å². The summed E-state index contributed by atoms with van der Waals surface area (Å²) in [6.45, 7) is 0.876. The molecule has 1 spiro atoms. The van der Waals surface area contributed by atoms with Crippen LogP contribution in [0.4, 0.5) is 15.8 Å². The molecule has 2 nitrogen and oxygen atoms in total. The van der Waals surface area contributed by atoms with Crippen LogP contribution in [0.2, 0.25) is 5.02 Å². The van der Waals surface area contributed by atoms with Crippen LogP contribution in [0.5, 0.6) is 0 Å². The predicted molar refractivity (Wildman–Crippen MR) is 60.1 cm³/mol. The van der Waals surface area contributed by atoms with Gasteiger partial charge in [0, 0.05) is 12.6 Å². The first-order valence-corrected chi connectivity index (χ1v) is 5.57. The Balaban J connectivity index is 1.98. The molecule has 1 aliphatic carbocycles. The molecule has 0 bridgehead atoms. The molecule has 2 aliphatic rings. The van der Waals surface area contributed by atoms with Gasteiger partial charge in [0.2, 0.25) is 0 Å². The zero-order valence-electron chi connectivity index (χ0n) is 8.24. The lowest BCUT2D eigenvalue weighted by Crippen LogP contribution is -2.52. The van der Waals surface area contributed by atoms with Gasteiger partial charge in [0.15, 0.2) is 0 Å². The van der Waals surface area contributed by atoms with Crippen LogP contribution >= 0.6 is 11.6 Å². The van der Waals surface area contributed by atoms with E-state index in [0.29, 0.717) is 0 Å². The predicted octanol–water partition coefficient (Wildman–Crippen LogP) is 3.24. The fraction of sp³-hybridized carbons (Fsp3) is 0.455. The molecule has 1 aromatic carbocycles. The maximum Gasteiger partial charge on any atom is 0.143 e. The lowest BCUT2D eigenvalue weighted by Gasteiger charge is -2.47. The van der Waals surface area contributed by atoms with E-state index < -0.39 is 0 Å². The summed E-state index contributed by atoms with van der Waals surface area (Å²) in [5.74, 6) is -0.366. The van der Waals surface area contributed by atoms with Crippen LogP contribution in [0.25, 0.3) is 0 Å². The summed E-state index contributed by atoms with van der Waals surface area (Å²) in [5.41, 5.74) is 1.93. The van der Waals surface area contributed by atoms with Crippen molar-refractivity contribution in [2.45, 2.75) is 24.8 Å². The lowest BCUT2D eigenvalue weighted by molar-refractivity contribution is 0.291. The van der Waals surface area contributed by atoms with Gasteiger partial charge in [-0.2, -0.15) is 0 Å². The minimum atomic E-state index is -0.366. The summed E-state index contributed by atoms with van der Waals surface area (Å²) in [4.78, 5) is 0. The highest BCUT2D eigenvalue weighted by Crippen LogP contribution is 2.42. The van der Waals surface area contributed by atoms with Gasteiger partial charge in [-0.1, -0.05) is 11.6 Å². The van der Waals surface area contributed by atoms with E-state index >= 15 is 0 Å². The molecular formula is C11H12ClFN2. The third-order valence-corrected chi connectivity index (χ3v) is 3.68. The summed E-state index contributed by atoms with van der Waals surface area (Å²) in [7, 11) is 0. The SMILES string of the molecule is Fc1cc2c(cc1Cl)NC1(CCC1)CN2. The van der Waals surface area contributed by atoms with Crippen LogP contribution in [0.15, 0.2) is 12.1 Å². The molecule has 1 aliphatic heterocycles. The van der Waals surface area contributed by atoms with Crippen molar-refractivity contribution in [2.75, 3.05) is 17.2 Å². The molecule has 15 heavy (non-hydrogen) atoms. The molecule has 1 fully saturated rings. The number of benzene rings is 1. The third kappa shape index (κ3) is 1.37. The standard InChI is InChI=1S/C11H12ClFN2/c12-7-4-10-9(5-8(7)13)14-6-11(15-10)2-1-3-11/h4-5,14-15H,1-3,6H2. The molecule has 3 rings (SSSR count). The second-order valence-corrected chi connectivity index (χ2v) is 4.83. The number of rotatable bonds is 0. The normalized spacial score (nSPS) is 21.2. The van der Waals surface area contributed by atoms with Crippen molar-refractivity contribution < 1.29 is 4.39 Å². The first-order valence-electron chi connectivity index (χ1n) is 5.20. The van der Waals surface area contributed by atoms with Gasteiger partial charge >= 0.3 is 0 Å². The topological polar surface area (TPSA) is 24.1 Å². The molecule has 0 unspecified atom stereocenters. The second-order valence-electron chi connectivity index (χ2n) is 4.42. The highest BCUT2D eigenvalue weighted by atomic mass is 35.5. The highest BCUT2D eigenvalue weighted by molar-refractivity contribution is 6.31. The lowest BCUT2D eigenvalue weighted by atomic mass is 9.75. The number of halogens is 2. The smallest absolute Gasteiger partial charge is 0.143 e. The summed E-state index contributed by atoms with van der Waals surface area (Å²) in [5, 5.41) is 6.91. The number of nitrogens with one attached hydrogen (secondary N) is 2. The number of hydrogen-bond donors (Lipinski definition) is 2. The summed E-state index contributed by atoms with van der Waals surface area (Å²) >= 11 is 5.76. The van der Waals surface area contributed by atoms with Crippen molar-refractivity contribution in [3.63, 3.8) is 0 Å². The molecule has 1 saturated carbocycles. The minimum absolute atomic E-state index is 0.180. The Hall–Kier alpha value is -0.960. The van der Waals surface area contributed by atoms with E-state index in [1.807, 2.05) is 0 Å². The summed E-state index contributed by atoms with van der Waals surface area (Å²) in [6.07, 6.45) is 3.61. The van der Waals surface area contributed by atoms with Gasteiger partial charge in [0.25, 0.3) is 0 Å². The quantitative estimate of drug-likeness (QED) is 0.710. The van der Waals surface area contributed by atoms with Crippen LogP contribution in [-0.2, 0) is 0 Å². The molecule has 0 aromatic heterocycles. The highest BCUT2D eigenvalue weighted by Gasteiger charge is 2.39. The van der Waals surface area contributed by atoms with Gasteiger partial charge in [-0.25, -0.2) is 4.39 Å². The number of hydrogen-bond acceptors (Lipinski definition) is 2. The van der Waals surface area contributed by atoms with E-state index in [2.05, 4.69) is 10.6 Å². The molecule has 1 heterocycles. The van der Waals surface area contributed by atoms with Gasteiger partial charge in [-0.05, 0) is 25.3 Å². The van der Waals surface area contributed by atoms with Crippen molar-refractivity contribution in [1.29, 1.82) is 0 Å². The molecule has 0 atom stereocenters. The van der Waals surface area contributed by atoms with E-state index in [-0.39, 0.29) is 16.4 Å². The van der Waals surface area contributed by atoms with Crippen molar-refractivity contribution in [3.05, 3.63) is 23.0 Å². The minimum Gasteiger partial charge on any atom is -0.381 e. The zero-order valence-corrected chi connectivity index (χ0v) is 8.99. The Bertz CT molecular complexity index is 415. The fourth-order valence-corrected chi connectivity index (χ4v) is 2.46. The molecule has 1 aromatic rings. The first-order chi connectivity index (χ1) is 7.19. The van der Waals surface area contributed by atoms with E-state index in [4.69, 9.17) is 11.6 Å². The average Bonchev–Trinajstić information content (AvgIpc) is 2.17. The van der Waals surface area contributed by atoms with Crippen LogP contribution in [0, 0.1) is 5.82 Å². The van der Waals surface area contributed by atoms with Gasteiger partial charge in [-0.3, -0.25) is 0 Å². The van der Waals surface area contributed by atoms with Gasteiger partial charge in [0.05, 0.1) is 21.9 Å². The van der Waals surface area contributed by atoms with E-state index in [1.54, 1.807) is 6.07 Å². The van der Waals surface area contributed by atoms with Crippen LogP contribution in [0.1, 0.15) is 19.3 Å². The van der Waals surface area contributed by atoms with Gasteiger partial charge < -0.3 is 10.6 Å². The average molecular weight is 227 g/mol. The third-order valence-electron chi connectivity index (χ3n) is 3.39. The fourth-order valence-electron chi connectivity index (χ4n) is 2.30. The molecule has 0 radical (unpaired) electrons. The first kappa shape index (κ1) is 9.28. The molecular weight excluding hydrogens is 215 g/mol. The molecule has 0 amide bonds.